The molecule has 4 nitrogen and oxygen atoms in total. The van der Waals surface area contributed by atoms with E-state index in [2.05, 4.69) is 4.90 Å². The van der Waals surface area contributed by atoms with Gasteiger partial charge in [-0.25, -0.2) is 0 Å². The van der Waals surface area contributed by atoms with Crippen molar-refractivity contribution in [3.63, 3.8) is 0 Å². The van der Waals surface area contributed by atoms with E-state index >= 15 is 0 Å². The van der Waals surface area contributed by atoms with Crippen LogP contribution < -0.4 is 10.6 Å². The molecule has 2 aromatic carbocycles. The first kappa shape index (κ1) is 14.7. The predicted octanol–water partition coefficient (Wildman–Crippen LogP) is 2.88. The maximum absolute atomic E-state index is 12.5. The van der Waals surface area contributed by atoms with Crippen LogP contribution >= 0.6 is 11.6 Å². The first-order chi connectivity index (χ1) is 10.6. The Hall–Kier alpha value is -2.20. The highest BCUT2D eigenvalue weighted by molar-refractivity contribution is 6.30. The number of hydrogen-bond acceptors (Lipinski definition) is 3. The number of anilines is 2. The zero-order chi connectivity index (χ0) is 15.5. The summed E-state index contributed by atoms with van der Waals surface area (Å²) in [7, 11) is 0. The largest absolute Gasteiger partial charge is 0.399 e. The lowest BCUT2D eigenvalue weighted by Gasteiger charge is -2.36. The van der Waals surface area contributed by atoms with Crippen LogP contribution in [0.3, 0.4) is 0 Å². The third-order valence-corrected chi connectivity index (χ3v) is 4.13. The highest BCUT2D eigenvalue weighted by Gasteiger charge is 2.22. The Kier molecular flexibility index (Phi) is 4.20. The molecule has 0 bridgehead atoms. The number of carbonyl (C=O) groups excluding carboxylic acids is 1. The van der Waals surface area contributed by atoms with Gasteiger partial charge >= 0.3 is 0 Å². The molecule has 0 aliphatic carbocycles. The molecule has 3 rings (SSSR count). The number of nitrogen functional groups attached to an aromatic ring is 1. The Morgan fingerprint density at radius 3 is 2.32 bits per heavy atom. The lowest BCUT2D eigenvalue weighted by molar-refractivity contribution is 0.0747. The van der Waals surface area contributed by atoms with Gasteiger partial charge in [-0.15, -0.1) is 0 Å². The highest BCUT2D eigenvalue weighted by Crippen LogP contribution is 2.21. The van der Waals surface area contributed by atoms with Gasteiger partial charge in [0.1, 0.15) is 0 Å². The molecule has 1 amide bonds. The van der Waals surface area contributed by atoms with Crippen LogP contribution in [0.1, 0.15) is 10.4 Å². The van der Waals surface area contributed by atoms with Crippen molar-refractivity contribution in [2.45, 2.75) is 0 Å². The molecule has 1 fully saturated rings. The van der Waals surface area contributed by atoms with E-state index in [0.717, 1.165) is 23.8 Å². The molecular formula is C17H18ClN3O. The molecule has 22 heavy (non-hydrogen) atoms. The van der Waals surface area contributed by atoms with E-state index in [1.54, 1.807) is 24.3 Å². The molecule has 1 aliphatic rings. The topological polar surface area (TPSA) is 49.6 Å². The molecule has 0 unspecified atom stereocenters. The molecule has 0 aromatic heterocycles. The Morgan fingerprint density at radius 2 is 1.68 bits per heavy atom. The predicted molar refractivity (Wildman–Crippen MR) is 90.4 cm³/mol. The molecule has 0 saturated carbocycles. The van der Waals surface area contributed by atoms with Gasteiger partial charge in [-0.1, -0.05) is 17.7 Å². The minimum absolute atomic E-state index is 0.0609. The number of nitrogens with two attached hydrogens (primary N) is 1. The number of carbonyl (C=O) groups is 1. The molecule has 1 heterocycles. The minimum atomic E-state index is 0.0609. The summed E-state index contributed by atoms with van der Waals surface area (Å²) in [6.45, 7) is 3.02. The fourth-order valence-electron chi connectivity index (χ4n) is 2.65. The molecule has 5 heteroatoms. The molecule has 0 spiro atoms. The summed E-state index contributed by atoms with van der Waals surface area (Å²) in [5.41, 5.74) is 8.12. The monoisotopic (exact) mass is 315 g/mol. The smallest absolute Gasteiger partial charge is 0.253 e. The van der Waals surface area contributed by atoms with Crippen molar-refractivity contribution < 1.29 is 4.79 Å². The third kappa shape index (κ3) is 3.17. The average Bonchev–Trinajstić information content (AvgIpc) is 2.55. The van der Waals surface area contributed by atoms with Gasteiger partial charge < -0.3 is 15.5 Å². The summed E-state index contributed by atoms with van der Waals surface area (Å²) in [4.78, 5) is 16.6. The Morgan fingerprint density at radius 1 is 1.00 bits per heavy atom. The molecular weight excluding hydrogens is 298 g/mol. The fourth-order valence-corrected chi connectivity index (χ4v) is 2.83. The second-order valence-corrected chi connectivity index (χ2v) is 5.82. The van der Waals surface area contributed by atoms with Gasteiger partial charge in [-0.2, -0.15) is 0 Å². The van der Waals surface area contributed by atoms with Crippen LogP contribution in [0.5, 0.6) is 0 Å². The standard InChI is InChI=1S/C17H18ClN3O/c18-14-2-1-3-16(12-14)20-8-10-21(11-9-20)17(22)13-4-6-15(19)7-5-13/h1-7,12H,8-11,19H2. The normalized spacial score (nSPS) is 15.0. The van der Waals surface area contributed by atoms with E-state index in [9.17, 15) is 4.79 Å². The van der Waals surface area contributed by atoms with Gasteiger partial charge in [-0.05, 0) is 42.5 Å². The second-order valence-electron chi connectivity index (χ2n) is 5.38. The van der Waals surface area contributed by atoms with E-state index in [4.69, 9.17) is 17.3 Å². The van der Waals surface area contributed by atoms with Crippen molar-refractivity contribution in [1.82, 2.24) is 4.90 Å². The maximum Gasteiger partial charge on any atom is 0.253 e. The number of nitrogens with zero attached hydrogens (tertiary/aromatic N) is 2. The molecule has 114 valence electrons. The van der Waals surface area contributed by atoms with Gasteiger partial charge in [0.25, 0.3) is 5.91 Å². The quantitative estimate of drug-likeness (QED) is 0.867. The minimum Gasteiger partial charge on any atom is -0.399 e. The van der Waals surface area contributed by atoms with Crippen molar-refractivity contribution in [3.05, 3.63) is 59.1 Å². The summed E-state index contributed by atoms with van der Waals surface area (Å²) >= 11 is 6.03. The maximum atomic E-state index is 12.5. The van der Waals surface area contributed by atoms with E-state index < -0.39 is 0 Å². The molecule has 2 aromatic rings. The summed E-state index contributed by atoms with van der Waals surface area (Å²) in [5, 5.41) is 0.734. The van der Waals surface area contributed by atoms with E-state index in [1.807, 2.05) is 29.2 Å². The summed E-state index contributed by atoms with van der Waals surface area (Å²) in [6, 6.07) is 14.9. The average molecular weight is 316 g/mol. The first-order valence-electron chi connectivity index (χ1n) is 7.29. The molecule has 0 radical (unpaired) electrons. The molecule has 1 saturated heterocycles. The van der Waals surface area contributed by atoms with Gasteiger partial charge in [0.05, 0.1) is 0 Å². The zero-order valence-corrected chi connectivity index (χ0v) is 13.0. The van der Waals surface area contributed by atoms with Crippen LogP contribution in [-0.4, -0.2) is 37.0 Å². The highest BCUT2D eigenvalue weighted by atomic mass is 35.5. The molecule has 1 aliphatic heterocycles. The number of amides is 1. The van der Waals surface area contributed by atoms with Crippen LogP contribution in [0.15, 0.2) is 48.5 Å². The Balaban J connectivity index is 1.64. The van der Waals surface area contributed by atoms with Crippen LogP contribution in [0.25, 0.3) is 0 Å². The van der Waals surface area contributed by atoms with Crippen LogP contribution in [-0.2, 0) is 0 Å². The van der Waals surface area contributed by atoms with Crippen molar-refractivity contribution in [1.29, 1.82) is 0 Å². The molecule has 0 atom stereocenters. The number of halogens is 1. The third-order valence-electron chi connectivity index (χ3n) is 3.90. The summed E-state index contributed by atoms with van der Waals surface area (Å²) < 4.78 is 0. The van der Waals surface area contributed by atoms with E-state index in [0.29, 0.717) is 24.3 Å². The van der Waals surface area contributed by atoms with Crippen molar-refractivity contribution in [3.8, 4) is 0 Å². The molecule has 2 N–H and O–H groups in total. The Bertz CT molecular complexity index is 664. The van der Waals surface area contributed by atoms with Crippen molar-refractivity contribution in [2.75, 3.05) is 36.8 Å². The van der Waals surface area contributed by atoms with Crippen molar-refractivity contribution in [2.24, 2.45) is 0 Å². The zero-order valence-electron chi connectivity index (χ0n) is 12.2. The summed E-state index contributed by atoms with van der Waals surface area (Å²) in [6.07, 6.45) is 0. The van der Waals surface area contributed by atoms with Crippen LogP contribution in [0.4, 0.5) is 11.4 Å². The van der Waals surface area contributed by atoms with Gasteiger partial charge in [0.15, 0.2) is 0 Å². The van der Waals surface area contributed by atoms with E-state index in [1.165, 1.54) is 0 Å². The first-order valence-corrected chi connectivity index (χ1v) is 7.66. The van der Waals surface area contributed by atoms with Gasteiger partial charge in [-0.3, -0.25) is 4.79 Å². The number of hydrogen-bond donors (Lipinski definition) is 1. The lowest BCUT2D eigenvalue weighted by atomic mass is 10.1. The lowest BCUT2D eigenvalue weighted by Crippen LogP contribution is -2.48. The van der Waals surface area contributed by atoms with Crippen LogP contribution in [0, 0.1) is 0 Å². The summed E-state index contributed by atoms with van der Waals surface area (Å²) in [5.74, 6) is 0.0609. The van der Waals surface area contributed by atoms with Crippen molar-refractivity contribution >= 4 is 28.9 Å². The second kappa shape index (κ2) is 6.28. The fraction of sp³-hybridized carbons (Fsp3) is 0.235. The number of rotatable bonds is 2. The number of piperazine rings is 1. The SMILES string of the molecule is Nc1ccc(C(=O)N2CCN(c3cccc(Cl)c3)CC2)cc1. The van der Waals surface area contributed by atoms with Gasteiger partial charge in [0, 0.05) is 48.1 Å². The van der Waals surface area contributed by atoms with Crippen LogP contribution in [0.2, 0.25) is 5.02 Å². The Labute approximate surface area is 135 Å². The van der Waals surface area contributed by atoms with Gasteiger partial charge in [0.2, 0.25) is 0 Å². The van der Waals surface area contributed by atoms with E-state index in [-0.39, 0.29) is 5.91 Å². The number of benzene rings is 2.